The summed E-state index contributed by atoms with van der Waals surface area (Å²) in [6.07, 6.45) is 0. The summed E-state index contributed by atoms with van der Waals surface area (Å²) < 4.78 is 16.0. The first-order valence-electron chi connectivity index (χ1n) is 6.27. The van der Waals surface area contributed by atoms with Crippen LogP contribution in [0.2, 0.25) is 0 Å². The van der Waals surface area contributed by atoms with Gasteiger partial charge in [-0.25, -0.2) is 4.98 Å². The molecule has 20 heavy (non-hydrogen) atoms. The van der Waals surface area contributed by atoms with Gasteiger partial charge in [0.15, 0.2) is 11.5 Å². The number of nitrogens with one attached hydrogen (secondary N) is 1. The van der Waals surface area contributed by atoms with Gasteiger partial charge in [-0.3, -0.25) is 0 Å². The van der Waals surface area contributed by atoms with E-state index in [0.717, 1.165) is 39.7 Å². The Morgan fingerprint density at radius 3 is 2.85 bits per heavy atom. The minimum atomic E-state index is 0.269. The van der Waals surface area contributed by atoms with E-state index in [0.29, 0.717) is 0 Å². The van der Waals surface area contributed by atoms with Crippen LogP contribution in [0.5, 0.6) is 17.2 Å². The number of imidazole rings is 1. The summed E-state index contributed by atoms with van der Waals surface area (Å²) in [5.41, 5.74) is 2.75. The largest absolute Gasteiger partial charge is 0.497 e. The summed E-state index contributed by atoms with van der Waals surface area (Å²) >= 11 is 0. The van der Waals surface area contributed by atoms with Crippen LogP contribution in [0.15, 0.2) is 36.4 Å². The van der Waals surface area contributed by atoms with Crippen LogP contribution in [-0.4, -0.2) is 23.9 Å². The number of fused-ring (bicyclic) bond motifs is 2. The summed E-state index contributed by atoms with van der Waals surface area (Å²) in [7, 11) is 1.65. The highest BCUT2D eigenvalue weighted by atomic mass is 16.7. The SMILES string of the molecule is COc1cccc(-c2nc3cc4c(cc3[nH]2)OCO4)c1. The number of aromatic nitrogens is 2. The van der Waals surface area contributed by atoms with Crippen molar-refractivity contribution in [1.82, 2.24) is 9.97 Å². The molecular weight excluding hydrogens is 256 g/mol. The summed E-state index contributed by atoms with van der Waals surface area (Å²) in [5.74, 6) is 3.08. The van der Waals surface area contributed by atoms with E-state index in [1.54, 1.807) is 7.11 Å². The van der Waals surface area contributed by atoms with Crippen LogP contribution in [0, 0.1) is 0 Å². The fourth-order valence-corrected chi connectivity index (χ4v) is 2.31. The monoisotopic (exact) mass is 268 g/mol. The van der Waals surface area contributed by atoms with Crippen LogP contribution in [0.1, 0.15) is 0 Å². The van der Waals surface area contributed by atoms with Gasteiger partial charge in [0.1, 0.15) is 11.6 Å². The van der Waals surface area contributed by atoms with E-state index >= 15 is 0 Å². The summed E-state index contributed by atoms with van der Waals surface area (Å²) in [6.45, 7) is 0.269. The Labute approximate surface area is 115 Å². The summed E-state index contributed by atoms with van der Waals surface area (Å²) in [5, 5.41) is 0. The third kappa shape index (κ3) is 1.67. The molecule has 1 aliphatic heterocycles. The first-order chi connectivity index (χ1) is 9.83. The molecule has 0 amide bonds. The van der Waals surface area contributed by atoms with Crippen molar-refractivity contribution in [3.8, 4) is 28.6 Å². The predicted molar refractivity (Wildman–Crippen MR) is 74.2 cm³/mol. The maximum Gasteiger partial charge on any atom is 0.231 e. The Morgan fingerprint density at radius 1 is 1.15 bits per heavy atom. The normalized spacial score (nSPS) is 12.8. The van der Waals surface area contributed by atoms with Gasteiger partial charge in [0.05, 0.1) is 18.1 Å². The molecule has 1 aliphatic rings. The zero-order chi connectivity index (χ0) is 13.5. The van der Waals surface area contributed by atoms with Gasteiger partial charge in [0.2, 0.25) is 6.79 Å². The topological polar surface area (TPSA) is 56.4 Å². The lowest BCUT2D eigenvalue weighted by molar-refractivity contribution is 0.174. The third-order valence-corrected chi connectivity index (χ3v) is 3.32. The highest BCUT2D eigenvalue weighted by molar-refractivity contribution is 5.83. The van der Waals surface area contributed by atoms with Crippen LogP contribution in [0.25, 0.3) is 22.4 Å². The molecule has 2 heterocycles. The van der Waals surface area contributed by atoms with Crippen molar-refractivity contribution in [1.29, 1.82) is 0 Å². The molecule has 0 fully saturated rings. The number of H-pyrrole nitrogens is 1. The highest BCUT2D eigenvalue weighted by Gasteiger charge is 2.16. The highest BCUT2D eigenvalue weighted by Crippen LogP contribution is 2.36. The standard InChI is InChI=1S/C15H12N2O3/c1-18-10-4-2-3-9(5-10)15-16-11-6-13-14(20-8-19-13)7-12(11)17-15/h2-7H,8H2,1H3,(H,16,17). The lowest BCUT2D eigenvalue weighted by atomic mass is 10.2. The molecule has 3 aromatic rings. The Bertz CT molecular complexity index is 754. The maximum atomic E-state index is 5.37. The molecule has 1 aromatic heterocycles. The van der Waals surface area contributed by atoms with Gasteiger partial charge in [0.25, 0.3) is 0 Å². The first kappa shape index (κ1) is 11.2. The minimum absolute atomic E-state index is 0.269. The van der Waals surface area contributed by atoms with Crippen molar-refractivity contribution in [3.05, 3.63) is 36.4 Å². The number of ether oxygens (including phenoxy) is 3. The molecule has 0 saturated heterocycles. The van der Waals surface area contributed by atoms with Crippen LogP contribution >= 0.6 is 0 Å². The minimum Gasteiger partial charge on any atom is -0.497 e. The van der Waals surface area contributed by atoms with Crippen molar-refractivity contribution in [2.24, 2.45) is 0 Å². The van der Waals surface area contributed by atoms with Crippen molar-refractivity contribution in [2.75, 3.05) is 13.9 Å². The second-order valence-corrected chi connectivity index (χ2v) is 4.54. The molecule has 0 unspecified atom stereocenters. The van der Waals surface area contributed by atoms with E-state index in [1.807, 2.05) is 36.4 Å². The molecule has 0 spiro atoms. The van der Waals surface area contributed by atoms with E-state index in [9.17, 15) is 0 Å². The number of benzene rings is 2. The van der Waals surface area contributed by atoms with E-state index in [1.165, 1.54) is 0 Å². The molecule has 0 radical (unpaired) electrons. The van der Waals surface area contributed by atoms with Crippen LogP contribution in [0.3, 0.4) is 0 Å². The van der Waals surface area contributed by atoms with E-state index in [-0.39, 0.29) is 6.79 Å². The van der Waals surface area contributed by atoms with Crippen LogP contribution < -0.4 is 14.2 Å². The Kier molecular flexibility index (Phi) is 2.32. The maximum absolute atomic E-state index is 5.37. The lowest BCUT2D eigenvalue weighted by Crippen LogP contribution is -1.92. The molecule has 0 atom stereocenters. The molecule has 5 nitrogen and oxygen atoms in total. The van der Waals surface area contributed by atoms with Crippen LogP contribution in [-0.2, 0) is 0 Å². The van der Waals surface area contributed by atoms with Gasteiger partial charge in [-0.1, -0.05) is 12.1 Å². The molecule has 2 aromatic carbocycles. The first-order valence-corrected chi connectivity index (χ1v) is 6.27. The number of hydrogen-bond acceptors (Lipinski definition) is 4. The second kappa shape index (κ2) is 4.16. The number of rotatable bonds is 2. The molecule has 100 valence electrons. The zero-order valence-electron chi connectivity index (χ0n) is 10.8. The Balaban J connectivity index is 1.84. The van der Waals surface area contributed by atoms with Crippen LogP contribution in [0.4, 0.5) is 0 Å². The summed E-state index contributed by atoms with van der Waals surface area (Å²) in [6, 6.07) is 11.6. The van der Waals surface area contributed by atoms with Gasteiger partial charge in [-0.15, -0.1) is 0 Å². The van der Waals surface area contributed by atoms with Crippen molar-refractivity contribution < 1.29 is 14.2 Å². The van der Waals surface area contributed by atoms with E-state index < -0.39 is 0 Å². The molecular formula is C15H12N2O3. The fourth-order valence-electron chi connectivity index (χ4n) is 2.31. The van der Waals surface area contributed by atoms with Gasteiger partial charge >= 0.3 is 0 Å². The van der Waals surface area contributed by atoms with E-state index in [2.05, 4.69) is 9.97 Å². The quantitative estimate of drug-likeness (QED) is 0.776. The fraction of sp³-hybridized carbons (Fsp3) is 0.133. The Hall–Kier alpha value is -2.69. The molecule has 0 saturated carbocycles. The summed E-state index contributed by atoms with van der Waals surface area (Å²) in [4.78, 5) is 7.88. The number of nitrogens with zero attached hydrogens (tertiary/aromatic N) is 1. The lowest BCUT2D eigenvalue weighted by Gasteiger charge is -2.01. The van der Waals surface area contributed by atoms with Gasteiger partial charge in [-0.05, 0) is 12.1 Å². The number of hydrogen-bond donors (Lipinski definition) is 1. The van der Waals surface area contributed by atoms with Crippen molar-refractivity contribution in [3.63, 3.8) is 0 Å². The Morgan fingerprint density at radius 2 is 2.00 bits per heavy atom. The average Bonchev–Trinajstić information content (AvgIpc) is 3.10. The molecule has 0 aliphatic carbocycles. The second-order valence-electron chi connectivity index (χ2n) is 4.54. The number of aromatic amines is 1. The number of methoxy groups -OCH3 is 1. The smallest absolute Gasteiger partial charge is 0.231 e. The third-order valence-electron chi connectivity index (χ3n) is 3.32. The average molecular weight is 268 g/mol. The molecule has 0 bridgehead atoms. The zero-order valence-corrected chi connectivity index (χ0v) is 10.8. The van der Waals surface area contributed by atoms with Gasteiger partial charge in [-0.2, -0.15) is 0 Å². The molecule has 1 N–H and O–H groups in total. The van der Waals surface area contributed by atoms with Crippen molar-refractivity contribution in [2.45, 2.75) is 0 Å². The molecule has 4 rings (SSSR count). The van der Waals surface area contributed by atoms with Gasteiger partial charge in [0, 0.05) is 17.7 Å². The van der Waals surface area contributed by atoms with Gasteiger partial charge < -0.3 is 19.2 Å². The molecule has 5 heteroatoms. The van der Waals surface area contributed by atoms with E-state index in [4.69, 9.17) is 14.2 Å². The van der Waals surface area contributed by atoms with Crippen molar-refractivity contribution >= 4 is 11.0 Å². The predicted octanol–water partition coefficient (Wildman–Crippen LogP) is 2.97.